The Hall–Kier alpha value is -2.60. The van der Waals surface area contributed by atoms with Crippen molar-refractivity contribution in [3.05, 3.63) is 58.6 Å². The van der Waals surface area contributed by atoms with Crippen LogP contribution in [0.5, 0.6) is 0 Å². The van der Waals surface area contributed by atoms with E-state index in [-0.39, 0.29) is 17.9 Å². The molecular weight excluding hydrogens is 418 g/mol. The van der Waals surface area contributed by atoms with Gasteiger partial charge in [0.15, 0.2) is 0 Å². The molecule has 0 spiro atoms. The maximum Gasteiger partial charge on any atom is 0.271 e. The minimum absolute atomic E-state index is 0.0414. The van der Waals surface area contributed by atoms with Gasteiger partial charge in [-0.3, -0.25) is 9.59 Å². The molecule has 1 saturated carbocycles. The molecule has 168 valence electrons. The van der Waals surface area contributed by atoms with E-state index < -0.39 is 5.54 Å². The van der Waals surface area contributed by atoms with Crippen LogP contribution in [0.4, 0.5) is 0 Å². The molecule has 1 N–H and O–H groups in total. The van der Waals surface area contributed by atoms with Gasteiger partial charge >= 0.3 is 0 Å². The van der Waals surface area contributed by atoms with Crippen LogP contribution in [0.15, 0.2) is 41.8 Å². The van der Waals surface area contributed by atoms with Crippen molar-refractivity contribution < 1.29 is 9.59 Å². The molecule has 5 nitrogen and oxygen atoms in total. The van der Waals surface area contributed by atoms with Crippen molar-refractivity contribution in [2.45, 2.75) is 71.1 Å². The molecule has 2 amide bonds. The summed E-state index contributed by atoms with van der Waals surface area (Å²) in [5.74, 6) is 0.609. The third-order valence-electron chi connectivity index (χ3n) is 7.35. The molecule has 3 aromatic rings. The first-order chi connectivity index (χ1) is 15.3. The van der Waals surface area contributed by atoms with Crippen molar-refractivity contribution in [1.29, 1.82) is 0 Å². The summed E-state index contributed by atoms with van der Waals surface area (Å²) < 4.78 is 3.14. The third kappa shape index (κ3) is 3.64. The van der Waals surface area contributed by atoms with E-state index in [0.29, 0.717) is 18.8 Å². The molecular formula is C26H31N3O2S. The number of aromatic nitrogens is 1. The third-order valence-corrected chi connectivity index (χ3v) is 8.20. The molecule has 2 aromatic heterocycles. The van der Waals surface area contributed by atoms with Gasteiger partial charge in [0, 0.05) is 12.6 Å². The van der Waals surface area contributed by atoms with Gasteiger partial charge in [0.1, 0.15) is 11.2 Å². The van der Waals surface area contributed by atoms with Gasteiger partial charge in [0.2, 0.25) is 5.91 Å². The van der Waals surface area contributed by atoms with E-state index in [9.17, 15) is 9.59 Å². The average Bonchev–Trinajstić information content (AvgIpc) is 3.36. The number of aryl methyl sites for hydroxylation is 1. The molecule has 6 heteroatoms. The van der Waals surface area contributed by atoms with E-state index in [1.54, 1.807) is 16.2 Å². The zero-order chi connectivity index (χ0) is 22.5. The number of hydrogen-bond donors (Lipinski definition) is 1. The number of fused-ring (bicyclic) bond motifs is 3. The summed E-state index contributed by atoms with van der Waals surface area (Å²) in [5.41, 5.74) is 2.98. The Kier molecular flexibility index (Phi) is 5.36. The van der Waals surface area contributed by atoms with Crippen molar-refractivity contribution >= 4 is 33.4 Å². The number of nitrogens with one attached hydrogen (secondary N) is 1. The summed E-state index contributed by atoms with van der Waals surface area (Å²) in [7, 11) is 0. The maximum atomic E-state index is 13.8. The first-order valence-electron chi connectivity index (χ1n) is 11.6. The Bertz CT molecular complexity index is 1150. The zero-order valence-electron chi connectivity index (χ0n) is 19.1. The number of nitrogens with zero attached hydrogens (tertiary/aromatic N) is 2. The van der Waals surface area contributed by atoms with Crippen molar-refractivity contribution in [3.63, 3.8) is 0 Å². The highest BCUT2D eigenvalue weighted by molar-refractivity contribution is 7.17. The van der Waals surface area contributed by atoms with Crippen molar-refractivity contribution in [3.8, 4) is 0 Å². The molecule has 32 heavy (non-hydrogen) atoms. The first kappa shape index (κ1) is 21.3. The molecule has 2 aliphatic rings. The summed E-state index contributed by atoms with van der Waals surface area (Å²) in [6, 6.07) is 12.4. The Labute approximate surface area is 193 Å². The molecule has 0 radical (unpaired) electrons. The van der Waals surface area contributed by atoms with Crippen LogP contribution in [0, 0.1) is 12.8 Å². The lowest BCUT2D eigenvalue weighted by molar-refractivity contribution is -0.134. The van der Waals surface area contributed by atoms with E-state index in [2.05, 4.69) is 43.4 Å². The van der Waals surface area contributed by atoms with E-state index in [1.165, 1.54) is 5.56 Å². The summed E-state index contributed by atoms with van der Waals surface area (Å²) in [4.78, 5) is 29.3. The first-order valence-corrected chi connectivity index (χ1v) is 12.5. The van der Waals surface area contributed by atoms with Crippen molar-refractivity contribution in [2.75, 3.05) is 0 Å². The summed E-state index contributed by atoms with van der Waals surface area (Å²) in [5, 5.41) is 5.36. The van der Waals surface area contributed by atoms with Gasteiger partial charge in [-0.25, -0.2) is 0 Å². The minimum atomic E-state index is -0.952. The number of hydrogen-bond acceptors (Lipinski definition) is 3. The summed E-state index contributed by atoms with van der Waals surface area (Å²) in [6.45, 7) is 7.15. The molecule has 5 rings (SSSR count). The highest BCUT2D eigenvalue weighted by Gasteiger charge is 2.48. The highest BCUT2D eigenvalue weighted by atomic mass is 32.1. The lowest BCUT2D eigenvalue weighted by atomic mass is 9.86. The van der Waals surface area contributed by atoms with Gasteiger partial charge in [-0.05, 0) is 68.5 Å². The van der Waals surface area contributed by atoms with Crippen LogP contribution in [0.1, 0.15) is 61.1 Å². The van der Waals surface area contributed by atoms with Crippen LogP contribution in [-0.4, -0.2) is 32.9 Å². The standard InChI is InChI=1S/C26H31N3O2S/c1-17-4-8-19(9-5-17)15-29-24(30)22-14-23-21(12-13-32-23)28(22)16-26(29,3)25(31)27-20-10-6-18(2)7-11-20/h4-5,8-9,12-14,18,20H,6-7,10-11,15-16H2,1-3H3,(H,27,31)/t18?,20?,26-/m0/s1. The molecule has 1 atom stereocenters. The van der Waals surface area contributed by atoms with E-state index in [4.69, 9.17) is 0 Å². The van der Waals surface area contributed by atoms with Gasteiger partial charge in [-0.15, -0.1) is 11.3 Å². The van der Waals surface area contributed by atoms with Gasteiger partial charge in [-0.1, -0.05) is 36.8 Å². The Morgan fingerprint density at radius 2 is 1.88 bits per heavy atom. The van der Waals surface area contributed by atoms with Gasteiger partial charge < -0.3 is 14.8 Å². The fourth-order valence-corrected chi connectivity index (χ4v) is 5.96. The molecule has 3 heterocycles. The van der Waals surface area contributed by atoms with Crippen molar-refractivity contribution in [2.24, 2.45) is 5.92 Å². The zero-order valence-corrected chi connectivity index (χ0v) is 19.9. The highest BCUT2D eigenvalue weighted by Crippen LogP contribution is 2.35. The van der Waals surface area contributed by atoms with E-state index in [1.807, 2.05) is 29.0 Å². The van der Waals surface area contributed by atoms with Crippen LogP contribution in [-0.2, 0) is 17.9 Å². The van der Waals surface area contributed by atoms with Crippen LogP contribution in [0.2, 0.25) is 0 Å². The molecule has 1 aliphatic carbocycles. The largest absolute Gasteiger partial charge is 0.351 e. The molecule has 0 unspecified atom stereocenters. The van der Waals surface area contributed by atoms with E-state index >= 15 is 0 Å². The SMILES string of the molecule is Cc1ccc(CN2C(=O)c3cc4sccc4n3C[C@@]2(C)C(=O)NC2CCC(C)CC2)cc1. The Balaban J connectivity index is 1.50. The van der Waals surface area contributed by atoms with Crippen LogP contribution >= 0.6 is 11.3 Å². The van der Waals surface area contributed by atoms with Gasteiger partial charge in [0.25, 0.3) is 5.91 Å². The van der Waals surface area contributed by atoms with Crippen LogP contribution in [0.3, 0.4) is 0 Å². The second-order valence-corrected chi connectivity index (χ2v) is 10.8. The van der Waals surface area contributed by atoms with Crippen LogP contribution in [0.25, 0.3) is 10.2 Å². The second kappa shape index (κ2) is 8.07. The fraction of sp³-hybridized carbons (Fsp3) is 0.462. The summed E-state index contributed by atoms with van der Waals surface area (Å²) >= 11 is 1.63. The van der Waals surface area contributed by atoms with Gasteiger partial charge in [-0.2, -0.15) is 0 Å². The number of carbonyl (C=O) groups is 2. The molecule has 0 bridgehead atoms. The topological polar surface area (TPSA) is 54.3 Å². The van der Waals surface area contributed by atoms with Crippen LogP contribution < -0.4 is 5.32 Å². The van der Waals surface area contributed by atoms with Crippen molar-refractivity contribution in [1.82, 2.24) is 14.8 Å². The maximum absolute atomic E-state index is 13.8. The smallest absolute Gasteiger partial charge is 0.271 e. The predicted molar refractivity (Wildman–Crippen MR) is 129 cm³/mol. The number of amides is 2. The predicted octanol–water partition coefficient (Wildman–Crippen LogP) is 5.12. The number of thiophene rings is 1. The Morgan fingerprint density at radius 3 is 2.59 bits per heavy atom. The number of carbonyl (C=O) groups excluding carboxylic acids is 2. The fourth-order valence-electron chi connectivity index (χ4n) is 5.14. The lowest BCUT2D eigenvalue weighted by Crippen LogP contribution is -2.64. The van der Waals surface area contributed by atoms with E-state index in [0.717, 1.165) is 47.4 Å². The molecule has 1 aromatic carbocycles. The minimum Gasteiger partial charge on any atom is -0.351 e. The quantitative estimate of drug-likeness (QED) is 0.601. The normalized spacial score (nSPS) is 25.7. The monoisotopic (exact) mass is 449 g/mol. The molecule has 1 fully saturated rings. The average molecular weight is 450 g/mol. The number of rotatable bonds is 4. The number of benzene rings is 1. The van der Waals surface area contributed by atoms with Gasteiger partial charge in [0.05, 0.1) is 16.8 Å². The summed E-state index contributed by atoms with van der Waals surface area (Å²) in [6.07, 6.45) is 4.31. The lowest BCUT2D eigenvalue weighted by Gasteiger charge is -2.45. The molecule has 1 aliphatic heterocycles. The Morgan fingerprint density at radius 1 is 1.16 bits per heavy atom. The molecule has 0 saturated heterocycles. The second-order valence-electron chi connectivity index (χ2n) is 9.87.